The van der Waals surface area contributed by atoms with Crippen molar-refractivity contribution in [2.45, 2.75) is 70.4 Å². The van der Waals surface area contributed by atoms with Crippen molar-refractivity contribution in [3.63, 3.8) is 0 Å². The van der Waals surface area contributed by atoms with Crippen LogP contribution in [-0.2, 0) is 4.79 Å². The zero-order valence-electron chi connectivity index (χ0n) is 18.7. The van der Waals surface area contributed by atoms with Gasteiger partial charge in [-0.1, -0.05) is 38.5 Å². The Hall–Kier alpha value is -2.02. The molecule has 164 valence electrons. The van der Waals surface area contributed by atoms with Crippen molar-refractivity contribution in [2.24, 2.45) is 11.8 Å². The first kappa shape index (κ1) is 22.7. The molecule has 0 saturated heterocycles. The second-order valence-electron chi connectivity index (χ2n) is 8.23. The highest BCUT2D eigenvalue weighted by Crippen LogP contribution is 2.31. The monoisotopic (exact) mass is 430 g/mol. The summed E-state index contributed by atoms with van der Waals surface area (Å²) < 4.78 is 5.82. The number of rotatable bonds is 8. The van der Waals surface area contributed by atoms with Crippen LogP contribution in [0.1, 0.15) is 53.9 Å². The second kappa shape index (κ2) is 10.3. The predicted octanol–water partition coefficient (Wildman–Crippen LogP) is 5.00. The van der Waals surface area contributed by atoms with Gasteiger partial charge in [0, 0.05) is 30.4 Å². The maximum Gasteiger partial charge on any atom is 0.277 e. The Morgan fingerprint density at radius 2 is 1.90 bits per heavy atom. The molecule has 0 bridgehead atoms. The fourth-order valence-corrected chi connectivity index (χ4v) is 4.76. The van der Waals surface area contributed by atoms with E-state index < -0.39 is 0 Å². The first-order chi connectivity index (χ1) is 14.4. The number of anilines is 1. The molecular formula is C23H34N4O2S. The first-order valence-electron chi connectivity index (χ1n) is 11.1. The largest absolute Gasteiger partial charge is 0.411 e. The Labute approximate surface area is 184 Å². The van der Waals surface area contributed by atoms with E-state index in [9.17, 15) is 4.79 Å². The van der Waals surface area contributed by atoms with Gasteiger partial charge in [0.1, 0.15) is 0 Å². The summed E-state index contributed by atoms with van der Waals surface area (Å²) in [5.41, 5.74) is 2.06. The maximum absolute atomic E-state index is 12.7. The molecule has 30 heavy (non-hydrogen) atoms. The highest BCUT2D eigenvalue weighted by atomic mass is 32.2. The van der Waals surface area contributed by atoms with E-state index in [4.69, 9.17) is 4.42 Å². The minimum Gasteiger partial charge on any atom is -0.411 e. The minimum atomic E-state index is -0.284. The van der Waals surface area contributed by atoms with E-state index >= 15 is 0 Å². The van der Waals surface area contributed by atoms with Crippen molar-refractivity contribution in [3.8, 4) is 11.5 Å². The molecule has 2 aromatic rings. The molecule has 1 aliphatic rings. The number of hydrogen-bond donors (Lipinski definition) is 1. The molecule has 1 saturated carbocycles. The highest BCUT2D eigenvalue weighted by molar-refractivity contribution is 8.00. The van der Waals surface area contributed by atoms with Gasteiger partial charge in [-0.2, -0.15) is 0 Å². The van der Waals surface area contributed by atoms with Crippen molar-refractivity contribution < 1.29 is 9.21 Å². The molecule has 4 atom stereocenters. The van der Waals surface area contributed by atoms with E-state index in [-0.39, 0.29) is 17.2 Å². The summed E-state index contributed by atoms with van der Waals surface area (Å²) in [6.45, 7) is 12.6. The molecule has 1 amide bonds. The minimum absolute atomic E-state index is 0.0364. The number of thioether (sulfide) groups is 1. The number of aromatic nitrogens is 2. The Balaban J connectivity index is 1.58. The van der Waals surface area contributed by atoms with Crippen LogP contribution in [0.25, 0.3) is 11.5 Å². The quantitative estimate of drug-likeness (QED) is 0.594. The van der Waals surface area contributed by atoms with Crippen molar-refractivity contribution >= 4 is 23.4 Å². The highest BCUT2D eigenvalue weighted by Gasteiger charge is 2.30. The molecule has 0 unspecified atom stereocenters. The molecule has 1 aromatic carbocycles. The molecular weight excluding hydrogens is 396 g/mol. The molecule has 7 heteroatoms. The van der Waals surface area contributed by atoms with Gasteiger partial charge >= 0.3 is 0 Å². The SMILES string of the molecule is CCN(CC)c1ccc(-c2nnc(S[C@H](C)C(=O)N[C@@H]3CCC[C@@H](C)[C@@H]3C)o2)cc1. The fourth-order valence-electron chi connectivity index (χ4n) is 4.07. The van der Waals surface area contributed by atoms with Crippen LogP contribution in [0.3, 0.4) is 0 Å². The lowest BCUT2D eigenvalue weighted by atomic mass is 9.78. The van der Waals surface area contributed by atoms with Crippen LogP contribution in [0.2, 0.25) is 0 Å². The summed E-state index contributed by atoms with van der Waals surface area (Å²) in [4.78, 5) is 15.0. The van der Waals surface area contributed by atoms with Crippen LogP contribution in [0.15, 0.2) is 33.9 Å². The van der Waals surface area contributed by atoms with Gasteiger partial charge < -0.3 is 14.6 Å². The Kier molecular flexibility index (Phi) is 7.81. The van der Waals surface area contributed by atoms with E-state index in [2.05, 4.69) is 60.2 Å². The molecule has 6 nitrogen and oxygen atoms in total. The lowest BCUT2D eigenvalue weighted by Crippen LogP contribution is -2.46. The first-order valence-corrected chi connectivity index (χ1v) is 12.0. The number of nitrogens with one attached hydrogen (secondary N) is 1. The van der Waals surface area contributed by atoms with Gasteiger partial charge in [0.05, 0.1) is 5.25 Å². The zero-order chi connectivity index (χ0) is 21.7. The van der Waals surface area contributed by atoms with Gasteiger partial charge in [0.2, 0.25) is 11.8 Å². The lowest BCUT2D eigenvalue weighted by molar-refractivity contribution is -0.121. The summed E-state index contributed by atoms with van der Waals surface area (Å²) in [5, 5.41) is 11.7. The number of hydrogen-bond acceptors (Lipinski definition) is 6. The van der Waals surface area contributed by atoms with Gasteiger partial charge in [-0.25, -0.2) is 0 Å². The average Bonchev–Trinajstić information content (AvgIpc) is 3.21. The molecule has 1 aliphatic carbocycles. The maximum atomic E-state index is 12.7. The molecule has 1 heterocycles. The number of carbonyl (C=O) groups excluding carboxylic acids is 1. The normalized spacial score (nSPS) is 22.5. The third kappa shape index (κ3) is 5.36. The van der Waals surface area contributed by atoms with Gasteiger partial charge in [-0.05, 0) is 63.3 Å². The number of amides is 1. The summed E-state index contributed by atoms with van der Waals surface area (Å²) in [7, 11) is 0. The van der Waals surface area contributed by atoms with E-state index in [1.807, 2.05) is 19.1 Å². The van der Waals surface area contributed by atoms with Crippen LogP contribution < -0.4 is 10.2 Å². The Morgan fingerprint density at radius 3 is 2.57 bits per heavy atom. The third-order valence-corrected chi connectivity index (χ3v) is 7.26. The third-order valence-electron chi connectivity index (χ3n) is 6.33. The van der Waals surface area contributed by atoms with E-state index in [1.54, 1.807) is 0 Å². The summed E-state index contributed by atoms with van der Waals surface area (Å²) >= 11 is 1.31. The molecule has 0 spiro atoms. The van der Waals surface area contributed by atoms with Crippen LogP contribution in [-0.4, -0.2) is 40.5 Å². The number of nitrogens with zero attached hydrogens (tertiary/aromatic N) is 3. The Bertz CT molecular complexity index is 819. The number of benzene rings is 1. The fraction of sp³-hybridized carbons (Fsp3) is 0.609. The summed E-state index contributed by atoms with van der Waals surface area (Å²) in [6.07, 6.45) is 3.49. The van der Waals surface area contributed by atoms with Crippen molar-refractivity contribution in [1.29, 1.82) is 0 Å². The van der Waals surface area contributed by atoms with Crippen LogP contribution in [0, 0.1) is 11.8 Å². The molecule has 0 radical (unpaired) electrons. The standard InChI is InChI=1S/C23H34N4O2S/c1-6-27(7-2)19-13-11-18(12-14-19)22-25-26-23(29-22)30-17(5)21(28)24-20-10-8-9-15(3)16(20)4/h11-17,20H,6-10H2,1-5H3,(H,24,28)/t15-,16+,17-,20-/m1/s1. The van der Waals surface area contributed by atoms with Crippen molar-refractivity contribution in [1.82, 2.24) is 15.5 Å². The van der Waals surface area contributed by atoms with Crippen molar-refractivity contribution in [3.05, 3.63) is 24.3 Å². The molecule has 1 fully saturated rings. The zero-order valence-corrected chi connectivity index (χ0v) is 19.5. The van der Waals surface area contributed by atoms with Crippen LogP contribution >= 0.6 is 11.8 Å². The predicted molar refractivity (Wildman–Crippen MR) is 123 cm³/mol. The molecule has 3 rings (SSSR count). The van der Waals surface area contributed by atoms with Gasteiger partial charge in [0.25, 0.3) is 5.22 Å². The van der Waals surface area contributed by atoms with Gasteiger partial charge in [-0.3, -0.25) is 4.79 Å². The van der Waals surface area contributed by atoms with E-state index in [1.165, 1.54) is 30.3 Å². The van der Waals surface area contributed by atoms with Crippen molar-refractivity contribution in [2.75, 3.05) is 18.0 Å². The Morgan fingerprint density at radius 1 is 1.20 bits per heavy atom. The smallest absolute Gasteiger partial charge is 0.277 e. The second-order valence-corrected chi connectivity index (χ2v) is 9.53. The van der Waals surface area contributed by atoms with E-state index in [0.29, 0.717) is 22.9 Å². The molecule has 1 N–H and O–H groups in total. The molecule has 0 aliphatic heterocycles. The summed E-state index contributed by atoms with van der Waals surface area (Å²) in [5.74, 6) is 1.67. The van der Waals surface area contributed by atoms with Gasteiger partial charge in [0.15, 0.2) is 0 Å². The summed E-state index contributed by atoms with van der Waals surface area (Å²) in [6, 6.07) is 8.39. The topological polar surface area (TPSA) is 71.3 Å². The lowest BCUT2D eigenvalue weighted by Gasteiger charge is -2.35. The van der Waals surface area contributed by atoms with E-state index in [0.717, 1.165) is 25.1 Å². The average molecular weight is 431 g/mol. The van der Waals surface area contributed by atoms with Crippen LogP contribution in [0.4, 0.5) is 5.69 Å². The van der Waals surface area contributed by atoms with Gasteiger partial charge in [-0.15, -0.1) is 10.2 Å². The van der Waals surface area contributed by atoms with Crippen LogP contribution in [0.5, 0.6) is 0 Å². The molecule has 1 aromatic heterocycles. The number of carbonyl (C=O) groups is 1.